The molecule has 19 heavy (non-hydrogen) atoms. The van der Waals surface area contributed by atoms with Gasteiger partial charge < -0.3 is 10.4 Å². The van der Waals surface area contributed by atoms with Crippen LogP contribution in [0.3, 0.4) is 0 Å². The monoisotopic (exact) mass is 287 g/mol. The van der Waals surface area contributed by atoms with Crippen molar-refractivity contribution in [1.82, 2.24) is 5.32 Å². The molecule has 0 aromatic heterocycles. The molecule has 4 atom stereocenters. The van der Waals surface area contributed by atoms with Crippen molar-refractivity contribution in [3.63, 3.8) is 0 Å². The van der Waals surface area contributed by atoms with E-state index in [0.29, 0.717) is 29.2 Å². The predicted octanol–water partition coefficient (Wildman–Crippen LogP) is 3.54. The average molecular weight is 288 g/mol. The van der Waals surface area contributed by atoms with Gasteiger partial charge in [0, 0.05) is 17.9 Å². The molecule has 3 heteroatoms. The van der Waals surface area contributed by atoms with Crippen molar-refractivity contribution in [2.75, 3.05) is 18.9 Å². The van der Waals surface area contributed by atoms with Crippen molar-refractivity contribution in [2.45, 2.75) is 65.2 Å². The van der Waals surface area contributed by atoms with Crippen molar-refractivity contribution >= 4 is 11.8 Å². The van der Waals surface area contributed by atoms with E-state index in [4.69, 9.17) is 0 Å². The summed E-state index contributed by atoms with van der Waals surface area (Å²) in [5.41, 5.74) is 0.429. The third kappa shape index (κ3) is 5.65. The van der Waals surface area contributed by atoms with Crippen LogP contribution >= 0.6 is 11.8 Å². The Morgan fingerprint density at radius 2 is 2.00 bits per heavy atom. The second-order valence-corrected chi connectivity index (χ2v) is 8.47. The summed E-state index contributed by atoms with van der Waals surface area (Å²) in [5.74, 6) is 2.34. The predicted molar refractivity (Wildman–Crippen MR) is 86.8 cm³/mol. The molecule has 0 radical (unpaired) electrons. The maximum Gasteiger partial charge on any atom is 0.0464 e. The van der Waals surface area contributed by atoms with E-state index in [9.17, 15) is 5.11 Å². The van der Waals surface area contributed by atoms with Crippen LogP contribution in [0.2, 0.25) is 0 Å². The molecule has 0 aromatic carbocycles. The fourth-order valence-corrected chi connectivity index (χ4v) is 4.45. The quantitative estimate of drug-likeness (QED) is 0.784. The summed E-state index contributed by atoms with van der Waals surface area (Å²) in [6.45, 7) is 12.9. The molecule has 1 saturated carbocycles. The minimum atomic E-state index is 0.314. The molecule has 4 unspecified atom stereocenters. The number of nitrogens with one attached hydrogen (secondary N) is 1. The zero-order valence-electron chi connectivity index (χ0n) is 13.4. The third-order valence-electron chi connectivity index (χ3n) is 4.39. The van der Waals surface area contributed by atoms with Crippen LogP contribution in [-0.2, 0) is 0 Å². The first-order chi connectivity index (χ1) is 8.88. The second-order valence-electron chi connectivity index (χ2n) is 7.20. The molecule has 0 bridgehead atoms. The van der Waals surface area contributed by atoms with Gasteiger partial charge in [0.1, 0.15) is 0 Å². The fraction of sp³-hybridized carbons (Fsp3) is 1.00. The molecule has 0 aromatic rings. The Kier molecular flexibility index (Phi) is 7.20. The first-order valence-corrected chi connectivity index (χ1v) is 8.89. The van der Waals surface area contributed by atoms with Crippen LogP contribution in [0.1, 0.15) is 53.9 Å². The summed E-state index contributed by atoms with van der Waals surface area (Å²) < 4.78 is 0. The van der Waals surface area contributed by atoms with Crippen molar-refractivity contribution in [3.05, 3.63) is 0 Å². The molecule has 1 rings (SSSR count). The normalized spacial score (nSPS) is 30.3. The summed E-state index contributed by atoms with van der Waals surface area (Å²) in [6.07, 6.45) is 3.98. The van der Waals surface area contributed by atoms with E-state index >= 15 is 0 Å². The van der Waals surface area contributed by atoms with Crippen LogP contribution in [0, 0.1) is 17.3 Å². The van der Waals surface area contributed by atoms with E-state index in [-0.39, 0.29) is 0 Å². The van der Waals surface area contributed by atoms with E-state index in [1.165, 1.54) is 19.3 Å². The number of rotatable bonds is 6. The smallest absolute Gasteiger partial charge is 0.0464 e. The Morgan fingerprint density at radius 1 is 1.32 bits per heavy atom. The van der Waals surface area contributed by atoms with Crippen molar-refractivity contribution in [2.24, 2.45) is 17.3 Å². The van der Waals surface area contributed by atoms with Gasteiger partial charge in [-0.1, -0.05) is 34.6 Å². The highest BCUT2D eigenvalue weighted by molar-refractivity contribution is 7.99. The average Bonchev–Trinajstić information content (AvgIpc) is 2.36. The van der Waals surface area contributed by atoms with Gasteiger partial charge in [0.25, 0.3) is 0 Å². The van der Waals surface area contributed by atoms with E-state index in [1.807, 2.05) is 0 Å². The lowest BCUT2D eigenvalue weighted by atomic mass is 9.71. The van der Waals surface area contributed by atoms with Gasteiger partial charge in [-0.25, -0.2) is 0 Å². The Morgan fingerprint density at radius 3 is 2.53 bits per heavy atom. The zero-order chi connectivity index (χ0) is 14.5. The summed E-state index contributed by atoms with van der Waals surface area (Å²) in [7, 11) is 0. The number of hydrogen-bond acceptors (Lipinski definition) is 3. The molecular formula is C16H33NOS. The standard InChI is InChI=1S/C16H33NOS/c1-6-17-14-8-7-13(16(3,4)5)9-15(14)19-11-12(2)10-18/h12-15,17-18H,6-11H2,1-5H3. The molecule has 0 spiro atoms. The number of aliphatic hydroxyl groups excluding tert-OH is 1. The lowest BCUT2D eigenvalue weighted by molar-refractivity contribution is 0.165. The van der Waals surface area contributed by atoms with E-state index in [0.717, 1.165) is 18.2 Å². The van der Waals surface area contributed by atoms with Crippen LogP contribution in [0.4, 0.5) is 0 Å². The first-order valence-electron chi connectivity index (χ1n) is 7.84. The van der Waals surface area contributed by atoms with Gasteiger partial charge in [-0.05, 0) is 48.8 Å². The Bertz CT molecular complexity index is 252. The Hall–Kier alpha value is 0.270. The number of thioether (sulfide) groups is 1. The topological polar surface area (TPSA) is 32.3 Å². The van der Waals surface area contributed by atoms with Crippen molar-refractivity contribution in [1.29, 1.82) is 0 Å². The molecule has 1 aliphatic rings. The number of aliphatic hydroxyl groups is 1. The molecule has 0 heterocycles. The van der Waals surface area contributed by atoms with Crippen LogP contribution in [0.25, 0.3) is 0 Å². The third-order valence-corrected chi connectivity index (χ3v) is 6.10. The van der Waals surface area contributed by atoms with E-state index in [1.54, 1.807) is 0 Å². The molecular weight excluding hydrogens is 254 g/mol. The highest BCUT2D eigenvalue weighted by Crippen LogP contribution is 2.41. The van der Waals surface area contributed by atoms with Gasteiger partial charge in [0.2, 0.25) is 0 Å². The van der Waals surface area contributed by atoms with Crippen LogP contribution in [-0.4, -0.2) is 35.3 Å². The summed E-state index contributed by atoms with van der Waals surface area (Å²) in [4.78, 5) is 0. The zero-order valence-corrected chi connectivity index (χ0v) is 14.2. The van der Waals surface area contributed by atoms with E-state index < -0.39 is 0 Å². The molecule has 0 amide bonds. The van der Waals surface area contributed by atoms with Crippen molar-refractivity contribution < 1.29 is 5.11 Å². The van der Waals surface area contributed by atoms with E-state index in [2.05, 4.69) is 51.7 Å². The van der Waals surface area contributed by atoms with Gasteiger partial charge in [0.05, 0.1) is 0 Å². The van der Waals surface area contributed by atoms with Gasteiger partial charge in [-0.15, -0.1) is 0 Å². The van der Waals surface area contributed by atoms with Gasteiger partial charge in [-0.3, -0.25) is 0 Å². The Labute approximate surface area is 124 Å². The highest BCUT2D eigenvalue weighted by Gasteiger charge is 2.35. The summed E-state index contributed by atoms with van der Waals surface area (Å²) >= 11 is 2.08. The largest absolute Gasteiger partial charge is 0.396 e. The number of hydrogen-bond donors (Lipinski definition) is 2. The maximum atomic E-state index is 9.19. The fourth-order valence-electron chi connectivity index (χ4n) is 2.94. The Balaban J connectivity index is 2.57. The molecule has 0 saturated heterocycles. The molecule has 1 aliphatic carbocycles. The summed E-state index contributed by atoms with van der Waals surface area (Å²) in [6, 6.07) is 0.666. The minimum absolute atomic E-state index is 0.314. The molecule has 0 aliphatic heterocycles. The molecule has 1 fully saturated rings. The van der Waals surface area contributed by atoms with Crippen LogP contribution in [0.15, 0.2) is 0 Å². The minimum Gasteiger partial charge on any atom is -0.396 e. The maximum absolute atomic E-state index is 9.19. The summed E-state index contributed by atoms with van der Waals surface area (Å²) in [5, 5.41) is 13.6. The molecule has 2 nitrogen and oxygen atoms in total. The van der Waals surface area contributed by atoms with Crippen molar-refractivity contribution in [3.8, 4) is 0 Å². The van der Waals surface area contributed by atoms with Crippen LogP contribution < -0.4 is 5.32 Å². The lowest BCUT2D eigenvalue weighted by Gasteiger charge is -2.42. The van der Waals surface area contributed by atoms with Crippen LogP contribution in [0.5, 0.6) is 0 Å². The molecule has 114 valence electrons. The van der Waals surface area contributed by atoms with Gasteiger partial charge in [0.15, 0.2) is 0 Å². The SMILES string of the molecule is CCNC1CCC(C(C)(C)C)CC1SCC(C)CO. The lowest BCUT2D eigenvalue weighted by Crippen LogP contribution is -2.45. The molecule has 2 N–H and O–H groups in total. The first kappa shape index (κ1) is 17.3. The highest BCUT2D eigenvalue weighted by atomic mass is 32.2. The van der Waals surface area contributed by atoms with Gasteiger partial charge in [-0.2, -0.15) is 11.8 Å². The second kappa shape index (κ2) is 7.90. The van der Waals surface area contributed by atoms with Gasteiger partial charge >= 0.3 is 0 Å².